The molecule has 64 valence electrons. The molecule has 1 aromatic carbocycles. The minimum atomic E-state index is 0. The second-order valence-corrected chi connectivity index (χ2v) is 3.25. The van der Waals surface area contributed by atoms with E-state index < -0.39 is 0 Å². The molecule has 0 radical (unpaired) electrons. The number of ether oxygens (including phenoxy) is 1. The van der Waals surface area contributed by atoms with Gasteiger partial charge in [0.25, 0.3) is 0 Å². The molecule has 0 bridgehead atoms. The lowest BCUT2D eigenvalue weighted by Gasteiger charge is -1.96. The predicted molar refractivity (Wildman–Crippen MR) is 53.0 cm³/mol. The number of nitrogens with one attached hydrogen (secondary N) is 1. The molecule has 0 saturated heterocycles. The highest BCUT2D eigenvalue weighted by Gasteiger charge is 2.19. The molecule has 0 spiro atoms. The molecule has 1 N–H and O–H groups in total. The Bertz CT molecular complexity index is 327. The van der Waals surface area contributed by atoms with E-state index in [-0.39, 0.29) is 18.3 Å². The molecule has 1 aliphatic rings. The molecular weight excluding hydrogens is 241 g/mol. The van der Waals surface area contributed by atoms with Gasteiger partial charge >= 0.3 is 0 Å². The van der Waals surface area contributed by atoms with Gasteiger partial charge in [-0.15, -0.1) is 12.4 Å². The first-order valence-corrected chi connectivity index (χ1v) is 4.07. The zero-order chi connectivity index (χ0) is 7.84. The Morgan fingerprint density at radius 3 is 2.83 bits per heavy atom. The largest absolute Gasteiger partial charge is 0.473 e. The van der Waals surface area contributed by atoms with E-state index in [1.54, 1.807) is 0 Å². The average Bonchev–Trinajstić information content (AvgIpc) is 2.34. The standard InChI is InChI=1S/C8H6BrNO.ClH/c9-6-3-1-2-5-4-11-8(10)7(5)6;/h1-3,10H,4H2;1H. The summed E-state index contributed by atoms with van der Waals surface area (Å²) in [4.78, 5) is 0. The Labute approximate surface area is 85.0 Å². The first-order valence-electron chi connectivity index (χ1n) is 3.28. The van der Waals surface area contributed by atoms with Crippen molar-refractivity contribution in [3.05, 3.63) is 33.8 Å². The fourth-order valence-corrected chi connectivity index (χ4v) is 1.75. The first kappa shape index (κ1) is 9.55. The summed E-state index contributed by atoms with van der Waals surface area (Å²) in [5.74, 6) is 0.271. The van der Waals surface area contributed by atoms with Crippen molar-refractivity contribution in [3.8, 4) is 0 Å². The van der Waals surface area contributed by atoms with E-state index in [1.165, 1.54) is 0 Å². The second kappa shape index (κ2) is 3.46. The summed E-state index contributed by atoms with van der Waals surface area (Å²) in [6.07, 6.45) is 0. The summed E-state index contributed by atoms with van der Waals surface area (Å²) < 4.78 is 6.00. The van der Waals surface area contributed by atoms with Crippen molar-refractivity contribution in [2.24, 2.45) is 0 Å². The summed E-state index contributed by atoms with van der Waals surface area (Å²) in [7, 11) is 0. The molecule has 2 rings (SSSR count). The lowest BCUT2D eigenvalue weighted by molar-refractivity contribution is 0.310. The highest BCUT2D eigenvalue weighted by Crippen LogP contribution is 2.26. The molecule has 0 atom stereocenters. The fourth-order valence-electron chi connectivity index (χ4n) is 1.17. The van der Waals surface area contributed by atoms with E-state index in [1.807, 2.05) is 18.2 Å². The minimum absolute atomic E-state index is 0. The van der Waals surface area contributed by atoms with Gasteiger partial charge in [0.2, 0.25) is 5.90 Å². The molecule has 0 fully saturated rings. The van der Waals surface area contributed by atoms with Gasteiger partial charge in [0.05, 0.1) is 5.56 Å². The Hall–Kier alpha value is -0.540. The lowest BCUT2D eigenvalue weighted by atomic mass is 10.1. The third kappa shape index (κ3) is 1.34. The van der Waals surface area contributed by atoms with Crippen molar-refractivity contribution < 1.29 is 4.74 Å². The molecule has 2 nitrogen and oxygen atoms in total. The maximum absolute atomic E-state index is 7.42. The molecule has 4 heteroatoms. The van der Waals surface area contributed by atoms with Crippen molar-refractivity contribution in [2.75, 3.05) is 0 Å². The van der Waals surface area contributed by atoms with E-state index in [9.17, 15) is 0 Å². The van der Waals surface area contributed by atoms with Gasteiger partial charge in [0.1, 0.15) is 6.61 Å². The third-order valence-electron chi connectivity index (χ3n) is 1.70. The number of hydrogen-bond donors (Lipinski definition) is 1. The zero-order valence-corrected chi connectivity index (χ0v) is 8.54. The topological polar surface area (TPSA) is 33.1 Å². The molecule has 0 unspecified atom stereocenters. The summed E-state index contributed by atoms with van der Waals surface area (Å²) >= 11 is 3.37. The Kier molecular flexibility index (Phi) is 2.75. The SMILES string of the molecule is Cl.N=C1OCc2cccc(Br)c21. The Morgan fingerprint density at radius 2 is 2.17 bits per heavy atom. The fraction of sp³-hybridized carbons (Fsp3) is 0.125. The molecule has 1 heterocycles. The zero-order valence-electron chi connectivity index (χ0n) is 6.13. The van der Waals surface area contributed by atoms with E-state index in [2.05, 4.69) is 15.9 Å². The van der Waals surface area contributed by atoms with Crippen molar-refractivity contribution >= 4 is 34.2 Å². The van der Waals surface area contributed by atoms with Crippen LogP contribution in [0.5, 0.6) is 0 Å². The van der Waals surface area contributed by atoms with Gasteiger partial charge in [-0.05, 0) is 22.0 Å². The summed E-state index contributed by atoms with van der Waals surface area (Å²) in [6, 6.07) is 5.84. The van der Waals surface area contributed by atoms with Crippen LogP contribution in [0.2, 0.25) is 0 Å². The van der Waals surface area contributed by atoms with Gasteiger partial charge in [-0.1, -0.05) is 12.1 Å². The minimum Gasteiger partial charge on any atom is -0.473 e. The first-order chi connectivity index (χ1) is 5.29. The molecule has 1 aromatic rings. The third-order valence-corrected chi connectivity index (χ3v) is 2.36. The second-order valence-electron chi connectivity index (χ2n) is 2.39. The van der Waals surface area contributed by atoms with E-state index >= 15 is 0 Å². The summed E-state index contributed by atoms with van der Waals surface area (Å²) in [5.41, 5.74) is 1.98. The van der Waals surface area contributed by atoms with Crippen molar-refractivity contribution in [2.45, 2.75) is 6.61 Å². The normalized spacial score (nSPS) is 13.2. The maximum Gasteiger partial charge on any atom is 0.215 e. The summed E-state index contributed by atoms with van der Waals surface area (Å²) in [6.45, 7) is 0.535. The van der Waals surface area contributed by atoms with Crippen LogP contribution in [-0.4, -0.2) is 5.90 Å². The van der Waals surface area contributed by atoms with Gasteiger partial charge in [-0.3, -0.25) is 5.41 Å². The monoisotopic (exact) mass is 247 g/mol. The highest BCUT2D eigenvalue weighted by molar-refractivity contribution is 9.10. The highest BCUT2D eigenvalue weighted by atomic mass is 79.9. The van der Waals surface area contributed by atoms with Gasteiger partial charge < -0.3 is 4.74 Å². The van der Waals surface area contributed by atoms with Crippen LogP contribution in [0.4, 0.5) is 0 Å². The van der Waals surface area contributed by atoms with Gasteiger partial charge in [-0.25, -0.2) is 0 Å². The molecule has 12 heavy (non-hydrogen) atoms. The van der Waals surface area contributed by atoms with E-state index in [0.717, 1.165) is 15.6 Å². The van der Waals surface area contributed by atoms with E-state index in [4.69, 9.17) is 10.1 Å². The quantitative estimate of drug-likeness (QED) is 0.752. The lowest BCUT2D eigenvalue weighted by Crippen LogP contribution is -1.94. The molecular formula is C8H7BrClNO. The van der Waals surface area contributed by atoms with Gasteiger partial charge in [0, 0.05) is 10.0 Å². The smallest absolute Gasteiger partial charge is 0.215 e. The van der Waals surface area contributed by atoms with Crippen LogP contribution < -0.4 is 0 Å². The summed E-state index contributed by atoms with van der Waals surface area (Å²) in [5, 5.41) is 7.42. The van der Waals surface area contributed by atoms with Crippen LogP contribution in [0.3, 0.4) is 0 Å². The van der Waals surface area contributed by atoms with Crippen molar-refractivity contribution in [1.29, 1.82) is 5.41 Å². The number of fused-ring (bicyclic) bond motifs is 1. The average molecular weight is 249 g/mol. The van der Waals surface area contributed by atoms with Crippen molar-refractivity contribution in [3.63, 3.8) is 0 Å². The van der Waals surface area contributed by atoms with Crippen LogP contribution in [0.15, 0.2) is 22.7 Å². The van der Waals surface area contributed by atoms with Crippen LogP contribution in [0.1, 0.15) is 11.1 Å². The number of rotatable bonds is 0. The number of hydrogen-bond acceptors (Lipinski definition) is 2. The Balaban J connectivity index is 0.000000720. The molecule has 0 amide bonds. The number of benzene rings is 1. The Morgan fingerprint density at radius 1 is 1.42 bits per heavy atom. The predicted octanol–water partition coefficient (Wildman–Crippen LogP) is 2.73. The molecule has 0 aromatic heterocycles. The van der Waals surface area contributed by atoms with Crippen LogP contribution in [0.25, 0.3) is 0 Å². The maximum atomic E-state index is 7.42. The molecule has 0 aliphatic carbocycles. The molecule has 1 aliphatic heterocycles. The van der Waals surface area contributed by atoms with Gasteiger partial charge in [0.15, 0.2) is 0 Å². The van der Waals surface area contributed by atoms with Crippen LogP contribution in [-0.2, 0) is 11.3 Å². The van der Waals surface area contributed by atoms with E-state index in [0.29, 0.717) is 6.61 Å². The number of halogens is 2. The van der Waals surface area contributed by atoms with Gasteiger partial charge in [-0.2, -0.15) is 0 Å². The van der Waals surface area contributed by atoms with Crippen LogP contribution >= 0.6 is 28.3 Å². The molecule has 0 saturated carbocycles. The van der Waals surface area contributed by atoms with Crippen LogP contribution in [0, 0.1) is 5.41 Å². The van der Waals surface area contributed by atoms with Crippen molar-refractivity contribution in [1.82, 2.24) is 0 Å².